The number of rotatable bonds is 4. The molecular weight excluding hydrogens is 318 g/mol. The van der Waals surface area contributed by atoms with Gasteiger partial charge in [0.25, 0.3) is 0 Å². The zero-order valence-electron chi connectivity index (χ0n) is 11.1. The van der Waals surface area contributed by atoms with Crippen molar-refractivity contribution < 1.29 is 9.47 Å². The van der Waals surface area contributed by atoms with Gasteiger partial charge < -0.3 is 14.8 Å². The van der Waals surface area contributed by atoms with Crippen molar-refractivity contribution in [1.82, 2.24) is 0 Å². The number of benzene rings is 2. The van der Waals surface area contributed by atoms with Gasteiger partial charge in [0.2, 0.25) is 0 Å². The summed E-state index contributed by atoms with van der Waals surface area (Å²) in [6, 6.07) is 14.4. The van der Waals surface area contributed by atoms with Crippen molar-refractivity contribution >= 4 is 21.6 Å². The van der Waals surface area contributed by atoms with Crippen LogP contribution < -0.4 is 14.8 Å². The molecule has 0 amide bonds. The summed E-state index contributed by atoms with van der Waals surface area (Å²) in [5.41, 5.74) is 2.36. The number of halogens is 1. The lowest BCUT2D eigenvalue weighted by molar-refractivity contribution is 0.171. The molecule has 1 aliphatic heterocycles. The fraction of sp³-hybridized carbons (Fsp3) is 0.250. The third-order valence-corrected chi connectivity index (χ3v) is 3.86. The molecule has 0 bridgehead atoms. The van der Waals surface area contributed by atoms with Crippen LogP contribution in [0, 0.1) is 0 Å². The van der Waals surface area contributed by atoms with E-state index in [9.17, 15) is 0 Å². The van der Waals surface area contributed by atoms with E-state index < -0.39 is 0 Å². The summed E-state index contributed by atoms with van der Waals surface area (Å²) in [5, 5.41) is 3.43. The number of nitrogens with one attached hydrogen (secondary N) is 1. The Morgan fingerprint density at radius 2 is 1.70 bits per heavy atom. The van der Waals surface area contributed by atoms with Gasteiger partial charge in [0.15, 0.2) is 11.5 Å². The second kappa shape index (κ2) is 6.18. The number of hydrogen-bond donors (Lipinski definition) is 1. The van der Waals surface area contributed by atoms with E-state index in [4.69, 9.17) is 9.47 Å². The van der Waals surface area contributed by atoms with Crippen LogP contribution in [-0.4, -0.2) is 19.8 Å². The zero-order valence-corrected chi connectivity index (χ0v) is 12.7. The molecule has 0 aromatic heterocycles. The number of ether oxygens (including phenoxy) is 2. The molecule has 1 heterocycles. The predicted molar refractivity (Wildman–Crippen MR) is 83.8 cm³/mol. The van der Waals surface area contributed by atoms with Gasteiger partial charge in [-0.05, 0) is 27.9 Å². The molecule has 104 valence electrons. The molecule has 0 fully saturated rings. The summed E-state index contributed by atoms with van der Waals surface area (Å²) in [6.07, 6.45) is 0.988. The Morgan fingerprint density at radius 1 is 1.00 bits per heavy atom. The molecule has 2 aromatic rings. The van der Waals surface area contributed by atoms with Gasteiger partial charge >= 0.3 is 0 Å². The molecule has 0 atom stereocenters. The van der Waals surface area contributed by atoms with Crippen molar-refractivity contribution in [1.29, 1.82) is 0 Å². The van der Waals surface area contributed by atoms with E-state index in [-0.39, 0.29) is 0 Å². The quantitative estimate of drug-likeness (QED) is 0.921. The summed E-state index contributed by atoms with van der Waals surface area (Å²) in [5.74, 6) is 1.61. The van der Waals surface area contributed by atoms with Gasteiger partial charge in [0.1, 0.15) is 13.2 Å². The summed E-state index contributed by atoms with van der Waals surface area (Å²) in [7, 11) is 0. The molecule has 2 aromatic carbocycles. The maximum Gasteiger partial charge on any atom is 0.163 e. The smallest absolute Gasteiger partial charge is 0.163 e. The molecule has 1 N–H and O–H groups in total. The highest BCUT2D eigenvalue weighted by Gasteiger charge is 2.14. The maximum absolute atomic E-state index is 5.60. The number of anilines is 1. The molecule has 20 heavy (non-hydrogen) atoms. The predicted octanol–water partition coefficient (Wildman–Crippen LogP) is 3.87. The fourth-order valence-corrected chi connectivity index (χ4v) is 2.65. The van der Waals surface area contributed by atoms with Gasteiger partial charge in [-0.15, -0.1) is 0 Å². The average molecular weight is 334 g/mol. The molecule has 1 aliphatic rings. The largest absolute Gasteiger partial charge is 0.486 e. The molecule has 3 nitrogen and oxygen atoms in total. The first-order valence-corrected chi connectivity index (χ1v) is 7.49. The van der Waals surface area contributed by atoms with Crippen molar-refractivity contribution in [2.45, 2.75) is 6.42 Å². The third kappa shape index (κ3) is 3.07. The summed E-state index contributed by atoms with van der Waals surface area (Å²) in [4.78, 5) is 0. The monoisotopic (exact) mass is 333 g/mol. The second-order valence-electron chi connectivity index (χ2n) is 4.64. The van der Waals surface area contributed by atoms with Crippen LogP contribution in [0.2, 0.25) is 0 Å². The molecule has 0 aliphatic carbocycles. The standard InChI is InChI=1S/C16H16BrNO2/c17-13-10-15-16(20-9-8-19-15)11-14(13)18-7-6-12-4-2-1-3-5-12/h1-5,10-11,18H,6-9H2. The van der Waals surface area contributed by atoms with Gasteiger partial charge in [-0.2, -0.15) is 0 Å². The summed E-state index contributed by atoms with van der Waals surface area (Å²) >= 11 is 3.56. The van der Waals surface area contributed by atoms with E-state index in [0.29, 0.717) is 13.2 Å². The average Bonchev–Trinajstić information content (AvgIpc) is 2.49. The topological polar surface area (TPSA) is 30.5 Å². The Bertz CT molecular complexity index is 587. The van der Waals surface area contributed by atoms with Gasteiger partial charge in [0.05, 0.1) is 5.69 Å². The first kappa shape index (κ1) is 13.3. The van der Waals surface area contributed by atoms with Gasteiger partial charge in [0, 0.05) is 23.2 Å². The van der Waals surface area contributed by atoms with Crippen molar-refractivity contribution in [3.05, 3.63) is 52.5 Å². The number of fused-ring (bicyclic) bond motifs is 1. The minimum absolute atomic E-state index is 0.609. The molecular formula is C16H16BrNO2. The van der Waals surface area contributed by atoms with E-state index in [2.05, 4.69) is 45.5 Å². The van der Waals surface area contributed by atoms with Crippen LogP contribution in [0.1, 0.15) is 5.56 Å². The minimum atomic E-state index is 0.609. The number of hydrogen-bond acceptors (Lipinski definition) is 3. The Labute approximate surface area is 127 Å². The van der Waals surface area contributed by atoms with Crippen LogP contribution >= 0.6 is 15.9 Å². The van der Waals surface area contributed by atoms with Crippen molar-refractivity contribution in [3.63, 3.8) is 0 Å². The first-order chi connectivity index (χ1) is 9.83. The zero-order chi connectivity index (χ0) is 13.8. The molecule has 0 radical (unpaired) electrons. The lowest BCUT2D eigenvalue weighted by Crippen LogP contribution is -2.16. The highest BCUT2D eigenvalue weighted by molar-refractivity contribution is 9.10. The molecule has 4 heteroatoms. The minimum Gasteiger partial charge on any atom is -0.486 e. The molecule has 0 saturated heterocycles. The normalized spacial score (nSPS) is 13.1. The molecule has 0 saturated carbocycles. The van der Waals surface area contributed by atoms with Crippen molar-refractivity contribution in [2.24, 2.45) is 0 Å². The van der Waals surface area contributed by atoms with Crippen LogP contribution in [0.25, 0.3) is 0 Å². The van der Waals surface area contributed by atoms with E-state index >= 15 is 0 Å². The van der Waals surface area contributed by atoms with Crippen LogP contribution in [0.15, 0.2) is 46.9 Å². The van der Waals surface area contributed by atoms with Crippen LogP contribution in [0.3, 0.4) is 0 Å². The van der Waals surface area contributed by atoms with Crippen LogP contribution in [0.5, 0.6) is 11.5 Å². The fourth-order valence-electron chi connectivity index (χ4n) is 2.19. The lowest BCUT2D eigenvalue weighted by atomic mass is 10.1. The Hall–Kier alpha value is -1.68. The molecule has 0 spiro atoms. The highest BCUT2D eigenvalue weighted by Crippen LogP contribution is 2.38. The van der Waals surface area contributed by atoms with E-state index in [1.165, 1.54) is 5.56 Å². The lowest BCUT2D eigenvalue weighted by Gasteiger charge is -2.20. The third-order valence-electron chi connectivity index (χ3n) is 3.20. The van der Waals surface area contributed by atoms with E-state index in [0.717, 1.165) is 34.6 Å². The van der Waals surface area contributed by atoms with Crippen LogP contribution in [0.4, 0.5) is 5.69 Å². The first-order valence-electron chi connectivity index (χ1n) is 6.70. The summed E-state index contributed by atoms with van der Waals surface area (Å²) in [6.45, 7) is 2.10. The second-order valence-corrected chi connectivity index (χ2v) is 5.49. The van der Waals surface area contributed by atoms with Gasteiger partial charge in [-0.1, -0.05) is 30.3 Å². The van der Waals surface area contributed by atoms with Gasteiger partial charge in [-0.25, -0.2) is 0 Å². The SMILES string of the molecule is Brc1cc2c(cc1NCCc1ccccc1)OCCO2. The Morgan fingerprint density at radius 3 is 2.45 bits per heavy atom. The van der Waals surface area contributed by atoms with Crippen LogP contribution in [-0.2, 0) is 6.42 Å². The van der Waals surface area contributed by atoms with Crippen molar-refractivity contribution in [3.8, 4) is 11.5 Å². The van der Waals surface area contributed by atoms with E-state index in [1.807, 2.05) is 18.2 Å². The van der Waals surface area contributed by atoms with Gasteiger partial charge in [-0.3, -0.25) is 0 Å². The molecule has 3 rings (SSSR count). The maximum atomic E-state index is 5.60. The highest BCUT2D eigenvalue weighted by atomic mass is 79.9. The summed E-state index contributed by atoms with van der Waals surface area (Å²) < 4.78 is 12.1. The van der Waals surface area contributed by atoms with Crippen molar-refractivity contribution in [2.75, 3.05) is 25.1 Å². The molecule has 0 unspecified atom stereocenters. The van der Waals surface area contributed by atoms with E-state index in [1.54, 1.807) is 0 Å². The Kier molecular flexibility index (Phi) is 4.11. The Balaban J connectivity index is 1.65.